The topological polar surface area (TPSA) is 0 Å². The van der Waals surface area contributed by atoms with E-state index in [9.17, 15) is 4.39 Å². The zero-order chi connectivity index (χ0) is 4.99. The molecule has 0 radical (unpaired) electrons. The summed E-state index contributed by atoms with van der Waals surface area (Å²) in [7, 11) is 0. The van der Waals surface area contributed by atoms with Gasteiger partial charge in [0.1, 0.15) is 6.67 Å². The van der Waals surface area contributed by atoms with Crippen LogP contribution in [0.25, 0.3) is 0 Å². The smallest absolute Gasteiger partial charge is 0.109 e. The van der Waals surface area contributed by atoms with Crippen LogP contribution in [0.15, 0.2) is 11.1 Å². The van der Waals surface area contributed by atoms with E-state index in [0.29, 0.717) is 5.03 Å². The number of hydrogen-bond donors (Lipinski definition) is 0. The Morgan fingerprint density at radius 3 is 2.50 bits per heavy atom. The molecular weight excluding hydrogens is 102 g/mol. The fourth-order valence-electron chi connectivity index (χ4n) is 0.106. The van der Waals surface area contributed by atoms with E-state index in [4.69, 9.17) is 11.6 Å². The monoisotopic (exact) mass is 108 g/mol. The summed E-state index contributed by atoms with van der Waals surface area (Å²) >= 11 is 5.20. The van der Waals surface area contributed by atoms with Crippen molar-refractivity contribution in [1.82, 2.24) is 0 Å². The molecule has 0 unspecified atom stereocenters. The predicted octanol–water partition coefficient (Wildman–Crippen LogP) is 2.10. The van der Waals surface area contributed by atoms with E-state index in [1.807, 2.05) is 0 Å². The number of rotatable bonds is 1. The van der Waals surface area contributed by atoms with Crippen LogP contribution in [0.1, 0.15) is 6.92 Å². The average Bonchev–Trinajstić information content (AvgIpc) is 1.35. The molecule has 0 aromatic heterocycles. The van der Waals surface area contributed by atoms with Gasteiger partial charge in [-0.1, -0.05) is 11.6 Å². The van der Waals surface area contributed by atoms with Crippen molar-refractivity contribution in [3.63, 3.8) is 0 Å². The molecule has 0 aliphatic carbocycles. The molecule has 0 N–H and O–H groups in total. The highest BCUT2D eigenvalue weighted by molar-refractivity contribution is 6.29. The maximum absolute atomic E-state index is 11.1. The zero-order valence-electron chi connectivity index (χ0n) is 3.54. The minimum Gasteiger partial charge on any atom is -0.247 e. The Hall–Kier alpha value is -0.0400. The van der Waals surface area contributed by atoms with Crippen molar-refractivity contribution in [2.24, 2.45) is 0 Å². The molecule has 0 aromatic carbocycles. The van der Waals surface area contributed by atoms with Gasteiger partial charge in [0, 0.05) is 5.03 Å². The summed E-state index contributed by atoms with van der Waals surface area (Å²) in [4.78, 5) is 0. The normalized spacial score (nSPS) is 12.2. The molecule has 0 aliphatic rings. The molecule has 0 nitrogen and oxygen atoms in total. The van der Waals surface area contributed by atoms with Gasteiger partial charge in [-0.25, -0.2) is 4.39 Å². The Bertz CT molecular complexity index is 54.6. The first-order valence-corrected chi connectivity index (χ1v) is 2.03. The third kappa shape index (κ3) is 3.96. The third-order valence-electron chi connectivity index (χ3n) is 0.358. The lowest BCUT2D eigenvalue weighted by Crippen LogP contribution is -1.61. The lowest BCUT2D eigenvalue weighted by molar-refractivity contribution is 0.561. The summed E-state index contributed by atoms with van der Waals surface area (Å²) in [6.07, 6.45) is 1.31. The molecule has 0 aliphatic heterocycles. The van der Waals surface area contributed by atoms with E-state index in [-0.39, 0.29) is 0 Å². The fourth-order valence-corrected chi connectivity index (χ4v) is 0.165. The van der Waals surface area contributed by atoms with Crippen molar-refractivity contribution in [3.8, 4) is 0 Å². The molecule has 0 amide bonds. The van der Waals surface area contributed by atoms with Crippen LogP contribution in [-0.2, 0) is 0 Å². The van der Waals surface area contributed by atoms with Crippen LogP contribution in [0.4, 0.5) is 4.39 Å². The standard InChI is InChI=1S/C4H6ClF/c1-4(5)2-3-6/h2H,3H2,1H3/b4-2-. The molecule has 0 atom stereocenters. The van der Waals surface area contributed by atoms with Crippen molar-refractivity contribution in [3.05, 3.63) is 11.1 Å². The van der Waals surface area contributed by atoms with Crippen molar-refractivity contribution in [2.75, 3.05) is 6.67 Å². The summed E-state index contributed by atoms with van der Waals surface area (Å²) in [5.41, 5.74) is 0. The lowest BCUT2D eigenvalue weighted by Gasteiger charge is -1.75. The number of alkyl halides is 1. The van der Waals surface area contributed by atoms with E-state index < -0.39 is 6.67 Å². The van der Waals surface area contributed by atoms with Crippen molar-refractivity contribution < 1.29 is 4.39 Å². The minimum atomic E-state index is -0.463. The highest BCUT2D eigenvalue weighted by Crippen LogP contribution is 1.95. The summed E-state index contributed by atoms with van der Waals surface area (Å²) in [5.74, 6) is 0. The van der Waals surface area contributed by atoms with Gasteiger partial charge in [-0.05, 0) is 13.0 Å². The molecule has 36 valence electrons. The van der Waals surface area contributed by atoms with E-state index in [0.717, 1.165) is 0 Å². The van der Waals surface area contributed by atoms with Gasteiger partial charge in [-0.3, -0.25) is 0 Å². The number of allylic oxidation sites excluding steroid dienone is 2. The van der Waals surface area contributed by atoms with Crippen molar-refractivity contribution in [1.29, 1.82) is 0 Å². The third-order valence-corrected chi connectivity index (χ3v) is 0.513. The number of hydrogen-bond acceptors (Lipinski definition) is 0. The second kappa shape index (κ2) is 3.16. The first-order valence-electron chi connectivity index (χ1n) is 1.65. The molecule has 0 bridgehead atoms. The van der Waals surface area contributed by atoms with Crippen molar-refractivity contribution in [2.45, 2.75) is 6.92 Å². The summed E-state index contributed by atoms with van der Waals surface area (Å²) in [6.45, 7) is 1.18. The zero-order valence-corrected chi connectivity index (χ0v) is 4.30. The molecule has 0 rings (SSSR count). The number of halogens is 2. The van der Waals surface area contributed by atoms with E-state index in [1.165, 1.54) is 6.08 Å². The Kier molecular flexibility index (Phi) is 3.14. The average molecular weight is 109 g/mol. The molecule has 0 aromatic rings. The van der Waals surface area contributed by atoms with Crippen LogP contribution < -0.4 is 0 Å². The van der Waals surface area contributed by atoms with Gasteiger partial charge >= 0.3 is 0 Å². The Labute approximate surface area is 41.6 Å². The largest absolute Gasteiger partial charge is 0.247 e. The summed E-state index contributed by atoms with van der Waals surface area (Å²) in [5, 5.41) is 0.512. The molecule has 0 heterocycles. The minimum absolute atomic E-state index is 0.463. The van der Waals surface area contributed by atoms with Crippen LogP contribution in [0, 0.1) is 0 Å². The highest BCUT2D eigenvalue weighted by Gasteiger charge is 1.72. The van der Waals surface area contributed by atoms with E-state index in [2.05, 4.69) is 0 Å². The molecule has 2 heteroatoms. The predicted molar refractivity (Wildman–Crippen MR) is 25.6 cm³/mol. The second-order valence-corrected chi connectivity index (χ2v) is 1.54. The molecular formula is C4H6ClF. The lowest BCUT2D eigenvalue weighted by atomic mass is 10.6. The molecule has 0 saturated heterocycles. The van der Waals surface area contributed by atoms with Crippen LogP contribution in [0.2, 0.25) is 0 Å². The SMILES string of the molecule is C/C(Cl)=C/CF. The molecule has 0 fully saturated rings. The van der Waals surface area contributed by atoms with Gasteiger partial charge in [-0.15, -0.1) is 0 Å². The second-order valence-electron chi connectivity index (χ2n) is 0.945. The van der Waals surface area contributed by atoms with Crippen molar-refractivity contribution >= 4 is 11.6 Å². The maximum atomic E-state index is 11.1. The Morgan fingerprint density at radius 2 is 2.50 bits per heavy atom. The summed E-state index contributed by atoms with van der Waals surface area (Å²) < 4.78 is 11.1. The van der Waals surface area contributed by atoms with E-state index >= 15 is 0 Å². The van der Waals surface area contributed by atoms with Crippen LogP contribution in [0.5, 0.6) is 0 Å². The quantitative estimate of drug-likeness (QED) is 0.483. The van der Waals surface area contributed by atoms with Gasteiger partial charge in [-0.2, -0.15) is 0 Å². The van der Waals surface area contributed by atoms with Crippen LogP contribution >= 0.6 is 11.6 Å². The van der Waals surface area contributed by atoms with Gasteiger partial charge in [0.25, 0.3) is 0 Å². The maximum Gasteiger partial charge on any atom is 0.109 e. The van der Waals surface area contributed by atoms with E-state index in [1.54, 1.807) is 6.92 Å². The summed E-state index contributed by atoms with van der Waals surface area (Å²) in [6, 6.07) is 0. The van der Waals surface area contributed by atoms with Crippen LogP contribution in [0.3, 0.4) is 0 Å². The Morgan fingerprint density at radius 1 is 2.00 bits per heavy atom. The van der Waals surface area contributed by atoms with Gasteiger partial charge in [0.05, 0.1) is 0 Å². The highest BCUT2D eigenvalue weighted by atomic mass is 35.5. The first kappa shape index (κ1) is 5.96. The van der Waals surface area contributed by atoms with Gasteiger partial charge < -0.3 is 0 Å². The Balaban J connectivity index is 3.14. The van der Waals surface area contributed by atoms with Gasteiger partial charge in [0.2, 0.25) is 0 Å². The molecule has 0 saturated carbocycles. The fraction of sp³-hybridized carbons (Fsp3) is 0.500. The molecule has 6 heavy (non-hydrogen) atoms. The van der Waals surface area contributed by atoms with Crippen LogP contribution in [-0.4, -0.2) is 6.67 Å². The first-order chi connectivity index (χ1) is 2.77. The van der Waals surface area contributed by atoms with Gasteiger partial charge in [0.15, 0.2) is 0 Å². The molecule has 0 spiro atoms.